The van der Waals surface area contributed by atoms with Gasteiger partial charge in [0, 0.05) is 22.1 Å². The van der Waals surface area contributed by atoms with Gasteiger partial charge in [-0.3, -0.25) is 0 Å². The average Bonchev–Trinajstić information content (AvgIpc) is 2.76. The van der Waals surface area contributed by atoms with Gasteiger partial charge in [0.2, 0.25) is 0 Å². The molecule has 2 N–H and O–H groups in total. The Kier molecular flexibility index (Phi) is 5.39. The first-order valence-electron chi connectivity index (χ1n) is 6.71. The van der Waals surface area contributed by atoms with Gasteiger partial charge in [-0.2, -0.15) is 13.2 Å². The van der Waals surface area contributed by atoms with Crippen molar-refractivity contribution in [3.8, 4) is 0 Å². The summed E-state index contributed by atoms with van der Waals surface area (Å²) >= 11 is 6.76. The van der Waals surface area contributed by atoms with E-state index in [9.17, 15) is 18.0 Å². The second kappa shape index (κ2) is 6.98. The molecule has 0 radical (unpaired) electrons. The van der Waals surface area contributed by atoms with Crippen molar-refractivity contribution in [1.29, 1.82) is 0 Å². The summed E-state index contributed by atoms with van der Waals surface area (Å²) in [4.78, 5) is 15.4. The largest absolute Gasteiger partial charge is 0.465 e. The molecule has 130 valence electrons. The Morgan fingerprint density at radius 1 is 1.25 bits per heavy atom. The minimum atomic E-state index is -4.50. The highest BCUT2D eigenvalue weighted by Gasteiger charge is 2.31. The van der Waals surface area contributed by atoms with Crippen molar-refractivity contribution in [3.05, 3.63) is 45.7 Å². The summed E-state index contributed by atoms with van der Waals surface area (Å²) in [5.74, 6) is -0.525. The first-order valence-corrected chi connectivity index (χ1v) is 7.91. The number of aromatic amines is 1. The van der Waals surface area contributed by atoms with Crippen LogP contribution in [0.5, 0.6) is 0 Å². The van der Waals surface area contributed by atoms with Gasteiger partial charge in [-0.15, -0.1) is 0 Å². The number of benzene rings is 1. The standard InChI is InChI=1S/C15H14ClF3N2O2S/c1-7-12(14(22)23-3)13(8(2)20-7)24-21-11-5-9(15(17,18)19)4-10(16)6-11/h4-6,20-21H,1-3H3. The number of rotatable bonds is 4. The van der Waals surface area contributed by atoms with Crippen LogP contribution in [0.4, 0.5) is 18.9 Å². The van der Waals surface area contributed by atoms with Crippen molar-refractivity contribution in [3.63, 3.8) is 0 Å². The Balaban J connectivity index is 2.29. The highest BCUT2D eigenvalue weighted by molar-refractivity contribution is 8.00. The fraction of sp³-hybridized carbons (Fsp3) is 0.267. The predicted octanol–water partition coefficient (Wildman–Crippen LogP) is 5.21. The molecule has 24 heavy (non-hydrogen) atoms. The number of nitrogens with one attached hydrogen (secondary N) is 2. The van der Waals surface area contributed by atoms with Gasteiger partial charge >= 0.3 is 12.1 Å². The van der Waals surface area contributed by atoms with Crippen LogP contribution in [-0.4, -0.2) is 18.1 Å². The SMILES string of the molecule is COC(=O)c1c(C)[nH]c(C)c1SNc1cc(Cl)cc(C(F)(F)F)c1. The number of methoxy groups -OCH3 is 1. The molecule has 2 rings (SSSR count). The lowest BCUT2D eigenvalue weighted by molar-refractivity contribution is -0.137. The van der Waals surface area contributed by atoms with Crippen LogP contribution in [0.25, 0.3) is 0 Å². The molecule has 0 fully saturated rings. The zero-order valence-electron chi connectivity index (χ0n) is 13.0. The monoisotopic (exact) mass is 378 g/mol. The molecule has 0 saturated carbocycles. The van der Waals surface area contributed by atoms with Crippen LogP contribution in [0, 0.1) is 13.8 Å². The smallest absolute Gasteiger partial charge is 0.416 e. The molecule has 1 heterocycles. The quantitative estimate of drug-likeness (QED) is 0.566. The zero-order chi connectivity index (χ0) is 18.1. The van der Waals surface area contributed by atoms with E-state index in [1.807, 2.05) is 0 Å². The van der Waals surface area contributed by atoms with Crippen molar-refractivity contribution < 1.29 is 22.7 Å². The third-order valence-electron chi connectivity index (χ3n) is 3.20. The van der Waals surface area contributed by atoms with Crippen LogP contribution < -0.4 is 4.72 Å². The third-order valence-corrected chi connectivity index (χ3v) is 4.47. The number of carbonyl (C=O) groups excluding carboxylic acids is 1. The van der Waals surface area contributed by atoms with Gasteiger partial charge in [0.25, 0.3) is 0 Å². The molecule has 2 aromatic rings. The molecule has 0 atom stereocenters. The van der Waals surface area contributed by atoms with E-state index >= 15 is 0 Å². The highest BCUT2D eigenvalue weighted by atomic mass is 35.5. The van der Waals surface area contributed by atoms with Crippen LogP contribution in [0.1, 0.15) is 27.3 Å². The molecule has 0 aliphatic carbocycles. The number of esters is 1. The number of hydrogen-bond acceptors (Lipinski definition) is 4. The van der Waals surface area contributed by atoms with E-state index in [0.717, 1.165) is 24.1 Å². The van der Waals surface area contributed by atoms with Crippen LogP contribution in [0.3, 0.4) is 0 Å². The lowest BCUT2D eigenvalue weighted by atomic mass is 10.2. The fourth-order valence-electron chi connectivity index (χ4n) is 2.16. The summed E-state index contributed by atoms with van der Waals surface area (Å²) in [5.41, 5.74) is 0.974. The average molecular weight is 379 g/mol. The number of alkyl halides is 3. The molecule has 9 heteroatoms. The summed E-state index contributed by atoms with van der Waals surface area (Å²) in [6.07, 6.45) is -4.50. The second-order valence-electron chi connectivity index (χ2n) is 5.00. The first kappa shape index (κ1) is 18.5. The Labute approximate surface area is 145 Å². The maximum absolute atomic E-state index is 12.8. The molecule has 0 bridgehead atoms. The summed E-state index contributed by atoms with van der Waals surface area (Å²) in [6.45, 7) is 3.47. The Morgan fingerprint density at radius 3 is 2.50 bits per heavy atom. The van der Waals surface area contributed by atoms with E-state index in [1.54, 1.807) is 13.8 Å². The molecule has 0 aliphatic rings. The van der Waals surface area contributed by atoms with Crippen LogP contribution >= 0.6 is 23.5 Å². The predicted molar refractivity (Wildman–Crippen MR) is 87.5 cm³/mol. The van der Waals surface area contributed by atoms with Gasteiger partial charge in [-0.25, -0.2) is 4.79 Å². The normalized spacial score (nSPS) is 11.5. The van der Waals surface area contributed by atoms with E-state index < -0.39 is 17.7 Å². The Hall–Kier alpha value is -1.80. The van der Waals surface area contributed by atoms with Gasteiger partial charge < -0.3 is 14.4 Å². The number of anilines is 1. The van der Waals surface area contributed by atoms with E-state index in [4.69, 9.17) is 16.3 Å². The van der Waals surface area contributed by atoms with Gasteiger partial charge in [-0.1, -0.05) is 11.6 Å². The van der Waals surface area contributed by atoms with Gasteiger partial charge in [-0.05, 0) is 44.0 Å². The Bertz CT molecular complexity index is 775. The molecule has 0 aliphatic heterocycles. The van der Waals surface area contributed by atoms with E-state index in [0.29, 0.717) is 21.8 Å². The summed E-state index contributed by atoms with van der Waals surface area (Å²) < 4.78 is 46.0. The minimum Gasteiger partial charge on any atom is -0.465 e. The lowest BCUT2D eigenvalue weighted by Crippen LogP contribution is -2.06. The topological polar surface area (TPSA) is 54.1 Å². The van der Waals surface area contributed by atoms with Crippen molar-refractivity contribution in [2.45, 2.75) is 24.9 Å². The second-order valence-corrected chi connectivity index (χ2v) is 6.25. The van der Waals surface area contributed by atoms with Gasteiger partial charge in [0.1, 0.15) is 0 Å². The number of aryl methyl sites for hydroxylation is 2. The number of ether oxygens (including phenoxy) is 1. The van der Waals surface area contributed by atoms with E-state index in [1.165, 1.54) is 13.2 Å². The number of halogens is 4. The van der Waals surface area contributed by atoms with Gasteiger partial charge in [0.05, 0.1) is 23.1 Å². The molecule has 0 amide bonds. The molecule has 1 aromatic carbocycles. The molecule has 0 saturated heterocycles. The number of carbonyl (C=O) groups is 1. The summed E-state index contributed by atoms with van der Waals surface area (Å²) in [5, 5.41) is -0.0388. The molecular formula is C15H14ClF3N2O2S. The number of aromatic nitrogens is 1. The van der Waals surface area contributed by atoms with Gasteiger partial charge in [0.15, 0.2) is 0 Å². The summed E-state index contributed by atoms with van der Waals surface area (Å²) in [7, 11) is 1.26. The number of H-pyrrole nitrogens is 1. The number of hydrogen-bond donors (Lipinski definition) is 2. The molecule has 0 unspecified atom stereocenters. The molecule has 4 nitrogen and oxygen atoms in total. The third kappa shape index (κ3) is 3.99. The van der Waals surface area contributed by atoms with Crippen LogP contribution in [0.15, 0.2) is 23.1 Å². The molecular weight excluding hydrogens is 365 g/mol. The van der Waals surface area contributed by atoms with Crippen LogP contribution in [-0.2, 0) is 10.9 Å². The summed E-state index contributed by atoms with van der Waals surface area (Å²) in [6, 6.07) is 3.17. The van der Waals surface area contributed by atoms with E-state index in [-0.39, 0.29) is 10.7 Å². The Morgan fingerprint density at radius 2 is 1.92 bits per heavy atom. The van der Waals surface area contributed by atoms with E-state index in [2.05, 4.69) is 9.71 Å². The van der Waals surface area contributed by atoms with Crippen molar-refractivity contribution in [1.82, 2.24) is 4.98 Å². The van der Waals surface area contributed by atoms with Crippen molar-refractivity contribution >= 4 is 35.2 Å². The van der Waals surface area contributed by atoms with Crippen molar-refractivity contribution in [2.75, 3.05) is 11.8 Å². The maximum atomic E-state index is 12.8. The zero-order valence-corrected chi connectivity index (χ0v) is 14.5. The molecule has 1 aromatic heterocycles. The van der Waals surface area contributed by atoms with Crippen molar-refractivity contribution in [2.24, 2.45) is 0 Å². The lowest BCUT2D eigenvalue weighted by Gasteiger charge is -2.11. The maximum Gasteiger partial charge on any atom is 0.416 e. The highest BCUT2D eigenvalue weighted by Crippen LogP contribution is 2.36. The minimum absolute atomic E-state index is 0.0388. The first-order chi connectivity index (χ1) is 11.1. The fourth-order valence-corrected chi connectivity index (χ4v) is 3.27. The van der Waals surface area contributed by atoms with Crippen LogP contribution in [0.2, 0.25) is 5.02 Å². The molecule has 0 spiro atoms.